The van der Waals surface area contributed by atoms with Crippen molar-refractivity contribution in [1.82, 2.24) is 4.72 Å². The number of alkyl halides is 3. The lowest BCUT2D eigenvalue weighted by Gasteiger charge is -2.11. The summed E-state index contributed by atoms with van der Waals surface area (Å²) in [6.07, 6.45) is 5.80. The maximum atomic E-state index is 11.6. The van der Waals surface area contributed by atoms with Gasteiger partial charge in [0.2, 0.25) is 15.9 Å². The van der Waals surface area contributed by atoms with Crippen molar-refractivity contribution in [3.8, 4) is 0 Å². The predicted molar refractivity (Wildman–Crippen MR) is 116 cm³/mol. The zero-order valence-electron chi connectivity index (χ0n) is 18.5. The summed E-state index contributed by atoms with van der Waals surface area (Å²) in [7, 11) is -3.55. The highest BCUT2D eigenvalue weighted by molar-refractivity contribution is 7.89. The van der Waals surface area contributed by atoms with Gasteiger partial charge < -0.3 is 10.8 Å². The number of hydrogen-bond donors (Lipinski definition) is 3. The predicted octanol–water partition coefficient (Wildman–Crippen LogP) is 3.56. The molecule has 0 radical (unpaired) electrons. The summed E-state index contributed by atoms with van der Waals surface area (Å²) in [5, 5.41) is 7.12. The van der Waals surface area contributed by atoms with Gasteiger partial charge in [-0.2, -0.15) is 13.2 Å². The topological polar surface area (TPSA) is 127 Å². The minimum Gasteiger partial charge on any atom is -0.475 e. The third-order valence-electron chi connectivity index (χ3n) is 4.45. The number of nitrogens with two attached hydrogens (primary N) is 1. The van der Waals surface area contributed by atoms with Gasteiger partial charge in [0.25, 0.3) is 0 Å². The third-order valence-corrected chi connectivity index (χ3v) is 5.02. The first-order valence-corrected chi connectivity index (χ1v) is 12.3. The lowest BCUT2D eigenvalue weighted by molar-refractivity contribution is -0.192. The van der Waals surface area contributed by atoms with Crippen molar-refractivity contribution in [3.05, 3.63) is 35.4 Å². The van der Waals surface area contributed by atoms with E-state index in [9.17, 15) is 26.4 Å². The fourth-order valence-corrected chi connectivity index (χ4v) is 3.21. The molecule has 0 aromatic heterocycles. The number of unbranched alkanes of at least 4 members (excludes halogenated alkanes) is 5. The Hall–Kier alpha value is -2.14. The summed E-state index contributed by atoms with van der Waals surface area (Å²) < 4.78 is 55.7. The Balaban J connectivity index is 0.00000118. The van der Waals surface area contributed by atoms with E-state index in [0.29, 0.717) is 12.8 Å². The van der Waals surface area contributed by atoms with Crippen molar-refractivity contribution >= 4 is 21.9 Å². The summed E-state index contributed by atoms with van der Waals surface area (Å²) in [4.78, 5) is 20.5. The van der Waals surface area contributed by atoms with Crippen molar-refractivity contribution < 1.29 is 36.3 Å². The smallest absolute Gasteiger partial charge is 0.475 e. The molecule has 0 saturated heterocycles. The average Bonchev–Trinajstić information content (AvgIpc) is 2.68. The molecule has 4 N–H and O–H groups in total. The molecule has 0 aliphatic heterocycles. The maximum Gasteiger partial charge on any atom is 0.490 e. The van der Waals surface area contributed by atoms with E-state index in [1.807, 2.05) is 4.72 Å². The molecule has 1 atom stereocenters. The molecule has 1 amide bonds. The molecular formula is C21H33F3N2O5S. The second-order valence-electron chi connectivity index (χ2n) is 7.52. The molecule has 0 fully saturated rings. The number of carbonyl (C=O) groups excluding carboxylic acids is 1. The van der Waals surface area contributed by atoms with E-state index in [-0.39, 0.29) is 0 Å². The van der Waals surface area contributed by atoms with Crippen molar-refractivity contribution in [2.45, 2.75) is 76.9 Å². The number of carboxylic acids is 1. The van der Waals surface area contributed by atoms with Crippen LogP contribution in [0.2, 0.25) is 0 Å². The van der Waals surface area contributed by atoms with Crippen molar-refractivity contribution in [2.75, 3.05) is 6.26 Å². The van der Waals surface area contributed by atoms with Gasteiger partial charge in [-0.15, -0.1) is 0 Å². The van der Waals surface area contributed by atoms with Crippen LogP contribution in [-0.2, 0) is 32.5 Å². The van der Waals surface area contributed by atoms with E-state index in [4.69, 9.17) is 15.6 Å². The Morgan fingerprint density at radius 1 is 1.00 bits per heavy atom. The number of benzene rings is 1. The lowest BCUT2D eigenvalue weighted by Crippen LogP contribution is -2.43. The van der Waals surface area contributed by atoms with Gasteiger partial charge in [0.05, 0.1) is 12.3 Å². The first kappa shape index (κ1) is 29.9. The second-order valence-corrected chi connectivity index (χ2v) is 9.27. The number of rotatable bonds is 12. The Morgan fingerprint density at radius 2 is 1.44 bits per heavy atom. The molecule has 11 heteroatoms. The highest BCUT2D eigenvalue weighted by Gasteiger charge is 2.38. The zero-order valence-corrected chi connectivity index (χ0v) is 19.3. The van der Waals surface area contributed by atoms with Crippen molar-refractivity contribution in [2.24, 2.45) is 5.73 Å². The minimum absolute atomic E-state index is 0.415. The van der Waals surface area contributed by atoms with E-state index in [0.717, 1.165) is 18.2 Å². The van der Waals surface area contributed by atoms with Gasteiger partial charge in [-0.25, -0.2) is 13.2 Å². The van der Waals surface area contributed by atoms with Crippen LogP contribution in [0.1, 0.15) is 63.0 Å². The Kier molecular flexibility index (Phi) is 13.8. The highest BCUT2D eigenvalue weighted by atomic mass is 32.2. The molecule has 32 heavy (non-hydrogen) atoms. The highest BCUT2D eigenvalue weighted by Crippen LogP contribution is 2.13. The fraction of sp³-hybridized carbons (Fsp3) is 0.619. The quantitative estimate of drug-likeness (QED) is 0.391. The summed E-state index contributed by atoms with van der Waals surface area (Å²) in [5.41, 5.74) is 8.18. The Labute approximate surface area is 187 Å². The number of halogens is 3. The van der Waals surface area contributed by atoms with E-state index >= 15 is 0 Å². The van der Waals surface area contributed by atoms with Gasteiger partial charge in [-0.1, -0.05) is 63.3 Å². The van der Waals surface area contributed by atoms with Gasteiger partial charge in [-0.3, -0.25) is 9.52 Å². The SMILES string of the molecule is CCCCCCCCc1ccc(CCC(N)C(=O)NS(C)(=O)=O)cc1.O=C(O)C(F)(F)F. The van der Waals surface area contributed by atoms with Gasteiger partial charge in [0, 0.05) is 0 Å². The van der Waals surface area contributed by atoms with Crippen LogP contribution in [0.3, 0.4) is 0 Å². The number of aliphatic carboxylic acids is 1. The molecule has 7 nitrogen and oxygen atoms in total. The van der Waals surface area contributed by atoms with Crippen LogP contribution >= 0.6 is 0 Å². The van der Waals surface area contributed by atoms with Crippen molar-refractivity contribution in [1.29, 1.82) is 0 Å². The van der Waals surface area contributed by atoms with Crippen LogP contribution < -0.4 is 10.5 Å². The van der Waals surface area contributed by atoms with Gasteiger partial charge in [0.15, 0.2) is 0 Å². The second kappa shape index (κ2) is 14.8. The molecule has 0 bridgehead atoms. The molecule has 0 saturated carbocycles. The summed E-state index contributed by atoms with van der Waals surface area (Å²) in [6, 6.07) is 7.56. The number of carbonyl (C=O) groups is 2. The minimum atomic E-state index is -5.08. The first-order valence-electron chi connectivity index (χ1n) is 10.4. The molecule has 184 valence electrons. The summed E-state index contributed by atoms with van der Waals surface area (Å²) in [5.74, 6) is -3.41. The molecule has 0 aliphatic carbocycles. The van der Waals surface area contributed by atoms with E-state index in [2.05, 4.69) is 31.2 Å². The number of amides is 1. The van der Waals surface area contributed by atoms with Gasteiger partial charge in [0.1, 0.15) is 0 Å². The van der Waals surface area contributed by atoms with E-state index in [1.165, 1.54) is 44.1 Å². The summed E-state index contributed by atoms with van der Waals surface area (Å²) >= 11 is 0. The molecule has 1 aromatic rings. The van der Waals surface area contributed by atoms with Crippen molar-refractivity contribution in [3.63, 3.8) is 0 Å². The molecular weight excluding hydrogens is 449 g/mol. The largest absolute Gasteiger partial charge is 0.490 e. The molecule has 0 aliphatic rings. The molecule has 1 rings (SSSR count). The molecule has 0 heterocycles. The summed E-state index contributed by atoms with van der Waals surface area (Å²) in [6.45, 7) is 2.23. The zero-order chi connectivity index (χ0) is 24.8. The van der Waals surface area contributed by atoms with Crippen LogP contribution in [0.4, 0.5) is 13.2 Å². The molecule has 1 unspecified atom stereocenters. The maximum absolute atomic E-state index is 11.6. The van der Waals surface area contributed by atoms with E-state index in [1.54, 1.807) is 0 Å². The van der Waals surface area contributed by atoms with E-state index < -0.39 is 34.1 Å². The van der Waals surface area contributed by atoms with Gasteiger partial charge >= 0.3 is 12.1 Å². The van der Waals surface area contributed by atoms with Gasteiger partial charge in [-0.05, 0) is 36.8 Å². The Morgan fingerprint density at radius 3 is 1.88 bits per heavy atom. The number of sulfonamides is 1. The number of aryl methyl sites for hydroxylation is 2. The molecule has 1 aromatic carbocycles. The Bertz CT molecular complexity index is 797. The number of nitrogens with one attached hydrogen (secondary N) is 1. The fourth-order valence-electron chi connectivity index (χ4n) is 2.69. The van der Waals surface area contributed by atoms with Crippen LogP contribution in [0.5, 0.6) is 0 Å². The third kappa shape index (κ3) is 15.6. The first-order chi connectivity index (χ1) is 14.8. The van der Waals surface area contributed by atoms with Crippen LogP contribution in [-0.4, -0.2) is 43.9 Å². The lowest BCUT2D eigenvalue weighted by atomic mass is 10.0. The normalized spacial score (nSPS) is 12.4. The van der Waals surface area contributed by atoms with Crippen LogP contribution in [0.15, 0.2) is 24.3 Å². The standard InChI is InChI=1S/C19H32N2O3S.C2HF3O2/c1-3-4-5-6-7-8-9-16-10-12-17(13-11-16)14-15-18(20)19(22)21-25(2,23)24;3-2(4,5)1(6)7/h10-13,18H,3-9,14-15,20H2,1-2H3,(H,21,22);(H,6,7). The monoisotopic (exact) mass is 482 g/mol. The van der Waals surface area contributed by atoms with Crippen LogP contribution in [0.25, 0.3) is 0 Å². The average molecular weight is 483 g/mol. The number of hydrogen-bond acceptors (Lipinski definition) is 5. The van der Waals surface area contributed by atoms with Crippen LogP contribution in [0, 0.1) is 0 Å². The number of carboxylic acid groups (broad SMARTS) is 1. The molecule has 0 spiro atoms.